The van der Waals surface area contributed by atoms with Crippen LogP contribution in [0.1, 0.15) is 15.9 Å². The Hall–Kier alpha value is -1.66. The van der Waals surface area contributed by atoms with Gasteiger partial charge in [-0.3, -0.25) is 14.7 Å². The van der Waals surface area contributed by atoms with Crippen molar-refractivity contribution in [3.63, 3.8) is 0 Å². The molecule has 1 amide bonds. The molecule has 2 N–H and O–H groups in total. The molecule has 1 aromatic heterocycles. The van der Waals surface area contributed by atoms with Gasteiger partial charge in [-0.2, -0.15) is 0 Å². The van der Waals surface area contributed by atoms with Gasteiger partial charge in [-0.25, -0.2) is 0 Å². The van der Waals surface area contributed by atoms with Gasteiger partial charge in [0, 0.05) is 57.2 Å². The lowest BCUT2D eigenvalue weighted by Crippen LogP contribution is -2.46. The first-order valence-corrected chi connectivity index (χ1v) is 8.46. The number of carbonyl (C=O) groups is 1. The van der Waals surface area contributed by atoms with Crippen LogP contribution in [-0.2, 0) is 0 Å². The highest BCUT2D eigenvalue weighted by molar-refractivity contribution is 5.95. The summed E-state index contributed by atoms with van der Waals surface area (Å²) in [6, 6.07) is 10.1. The summed E-state index contributed by atoms with van der Waals surface area (Å²) in [7, 11) is 0. The van der Waals surface area contributed by atoms with Crippen LogP contribution in [0.5, 0.6) is 0 Å². The number of pyridine rings is 1. The highest BCUT2D eigenvalue weighted by Crippen LogP contribution is 2.19. The summed E-state index contributed by atoms with van der Waals surface area (Å²) >= 11 is 0. The normalized spacial score (nSPS) is 14.0. The van der Waals surface area contributed by atoms with E-state index in [-0.39, 0.29) is 30.7 Å². The van der Waals surface area contributed by atoms with E-state index in [9.17, 15) is 4.79 Å². The molecule has 1 aliphatic heterocycles. The predicted molar refractivity (Wildman–Crippen MR) is 111 cm³/mol. The summed E-state index contributed by atoms with van der Waals surface area (Å²) in [6.45, 7) is 7.74. The van der Waals surface area contributed by atoms with E-state index in [4.69, 9.17) is 0 Å². The summed E-state index contributed by atoms with van der Waals surface area (Å²) in [6.07, 6.45) is 3.42. The number of piperazine rings is 1. The van der Waals surface area contributed by atoms with Crippen LogP contribution < -0.4 is 10.6 Å². The minimum Gasteiger partial charge on any atom is -0.351 e. The number of rotatable bonds is 5. The number of nitrogens with one attached hydrogen (secondary N) is 2. The van der Waals surface area contributed by atoms with E-state index in [1.54, 1.807) is 12.4 Å². The van der Waals surface area contributed by atoms with Crippen molar-refractivity contribution in [1.82, 2.24) is 20.5 Å². The van der Waals surface area contributed by atoms with E-state index < -0.39 is 0 Å². The van der Waals surface area contributed by atoms with E-state index in [0.29, 0.717) is 12.1 Å². The Morgan fingerprint density at radius 2 is 1.81 bits per heavy atom. The lowest BCUT2D eigenvalue weighted by Gasteiger charge is -2.27. The van der Waals surface area contributed by atoms with Crippen LogP contribution in [0.2, 0.25) is 0 Å². The lowest BCUT2D eigenvalue weighted by atomic mass is 10.0. The average Bonchev–Trinajstić information content (AvgIpc) is 2.63. The largest absolute Gasteiger partial charge is 0.351 e. The lowest BCUT2D eigenvalue weighted by molar-refractivity contribution is 0.0947. The van der Waals surface area contributed by atoms with E-state index in [1.807, 2.05) is 6.07 Å². The Bertz CT molecular complexity index is 688. The van der Waals surface area contributed by atoms with Crippen molar-refractivity contribution in [1.29, 1.82) is 0 Å². The first kappa shape index (κ1) is 22.4. The second-order valence-electron chi connectivity index (χ2n) is 6.18. The van der Waals surface area contributed by atoms with Crippen LogP contribution in [0.3, 0.4) is 0 Å². The zero-order chi connectivity index (χ0) is 16.8. The number of hydrogen-bond acceptors (Lipinski definition) is 4. The summed E-state index contributed by atoms with van der Waals surface area (Å²) in [5.41, 5.74) is 3.86. The van der Waals surface area contributed by atoms with Gasteiger partial charge in [-0.1, -0.05) is 29.8 Å². The van der Waals surface area contributed by atoms with Crippen molar-refractivity contribution in [2.75, 3.05) is 39.3 Å². The summed E-state index contributed by atoms with van der Waals surface area (Å²) in [5.74, 6) is -0.0633. The van der Waals surface area contributed by atoms with Crippen molar-refractivity contribution in [2.45, 2.75) is 6.92 Å². The molecule has 5 nitrogen and oxygen atoms in total. The molecule has 0 unspecified atom stereocenters. The monoisotopic (exact) mass is 396 g/mol. The van der Waals surface area contributed by atoms with Crippen LogP contribution in [0.15, 0.2) is 42.7 Å². The zero-order valence-electron chi connectivity index (χ0n) is 14.9. The molecule has 1 aliphatic rings. The standard InChI is InChI=1S/C19H24N4O.2ClH/c1-15-2-4-16(5-3-15)17-12-18(14-21-13-17)19(24)22-8-11-23-9-6-20-7-10-23;;/h2-5,12-14,20H,6-11H2,1H3,(H,22,24);2*1H. The SMILES string of the molecule is Cc1ccc(-c2cncc(C(=O)NCCN3CCNCC3)c2)cc1.Cl.Cl. The molecule has 2 aromatic rings. The van der Waals surface area contributed by atoms with Crippen molar-refractivity contribution in [3.8, 4) is 11.1 Å². The highest BCUT2D eigenvalue weighted by Gasteiger charge is 2.11. The predicted octanol–water partition coefficient (Wildman–Crippen LogP) is 2.54. The second-order valence-corrected chi connectivity index (χ2v) is 6.18. The molecule has 3 rings (SSSR count). The molecule has 2 heterocycles. The molecule has 0 bridgehead atoms. The van der Waals surface area contributed by atoms with E-state index in [1.165, 1.54) is 5.56 Å². The van der Waals surface area contributed by atoms with Gasteiger partial charge in [0.2, 0.25) is 0 Å². The first-order chi connectivity index (χ1) is 11.7. The number of carbonyl (C=O) groups excluding carboxylic acids is 1. The molecule has 0 atom stereocenters. The van der Waals surface area contributed by atoms with Crippen LogP contribution >= 0.6 is 24.8 Å². The third kappa shape index (κ3) is 6.25. The van der Waals surface area contributed by atoms with Gasteiger partial charge in [-0.15, -0.1) is 24.8 Å². The Balaban J connectivity index is 0.00000169. The van der Waals surface area contributed by atoms with E-state index in [0.717, 1.165) is 43.9 Å². The van der Waals surface area contributed by atoms with Crippen LogP contribution in [0.25, 0.3) is 11.1 Å². The Morgan fingerprint density at radius 3 is 2.50 bits per heavy atom. The maximum atomic E-state index is 12.3. The van der Waals surface area contributed by atoms with Crippen molar-refractivity contribution >= 4 is 30.7 Å². The molecule has 26 heavy (non-hydrogen) atoms. The summed E-state index contributed by atoms with van der Waals surface area (Å²) < 4.78 is 0. The fraction of sp³-hybridized carbons (Fsp3) is 0.368. The van der Waals surface area contributed by atoms with Crippen LogP contribution in [0, 0.1) is 6.92 Å². The molecular weight excluding hydrogens is 371 g/mol. The number of aryl methyl sites for hydroxylation is 1. The first-order valence-electron chi connectivity index (χ1n) is 8.46. The molecular formula is C19H26Cl2N4O. The fourth-order valence-corrected chi connectivity index (χ4v) is 2.83. The molecule has 0 aliphatic carbocycles. The molecule has 7 heteroatoms. The van der Waals surface area contributed by atoms with Gasteiger partial charge in [-0.05, 0) is 18.6 Å². The van der Waals surface area contributed by atoms with Crippen molar-refractivity contribution in [3.05, 3.63) is 53.9 Å². The van der Waals surface area contributed by atoms with Gasteiger partial charge in [0.1, 0.15) is 0 Å². The maximum absolute atomic E-state index is 12.3. The van der Waals surface area contributed by atoms with Crippen LogP contribution in [0.4, 0.5) is 0 Å². The summed E-state index contributed by atoms with van der Waals surface area (Å²) in [5, 5.41) is 6.32. The Kier molecular flexibility index (Phi) is 9.59. The third-order valence-electron chi connectivity index (χ3n) is 4.31. The minimum absolute atomic E-state index is 0. The number of amides is 1. The quantitative estimate of drug-likeness (QED) is 0.814. The fourth-order valence-electron chi connectivity index (χ4n) is 2.83. The number of nitrogens with zero attached hydrogens (tertiary/aromatic N) is 2. The molecule has 142 valence electrons. The van der Waals surface area contributed by atoms with Crippen molar-refractivity contribution in [2.24, 2.45) is 0 Å². The topological polar surface area (TPSA) is 57.3 Å². The van der Waals surface area contributed by atoms with Gasteiger partial charge in [0.25, 0.3) is 5.91 Å². The second kappa shape index (κ2) is 11.1. The van der Waals surface area contributed by atoms with Gasteiger partial charge in [0.15, 0.2) is 0 Å². The number of hydrogen-bond donors (Lipinski definition) is 2. The molecule has 1 fully saturated rings. The minimum atomic E-state index is -0.0633. The third-order valence-corrected chi connectivity index (χ3v) is 4.31. The maximum Gasteiger partial charge on any atom is 0.252 e. The van der Waals surface area contributed by atoms with Crippen molar-refractivity contribution < 1.29 is 4.79 Å². The van der Waals surface area contributed by atoms with Crippen LogP contribution in [-0.4, -0.2) is 55.1 Å². The molecule has 0 spiro atoms. The van der Waals surface area contributed by atoms with E-state index >= 15 is 0 Å². The average molecular weight is 397 g/mol. The number of aromatic nitrogens is 1. The Labute approximate surface area is 167 Å². The van der Waals surface area contributed by atoms with Gasteiger partial charge in [0.05, 0.1) is 5.56 Å². The highest BCUT2D eigenvalue weighted by atomic mass is 35.5. The molecule has 0 saturated carbocycles. The zero-order valence-corrected chi connectivity index (χ0v) is 16.5. The molecule has 1 aromatic carbocycles. The smallest absolute Gasteiger partial charge is 0.252 e. The summed E-state index contributed by atoms with van der Waals surface area (Å²) in [4.78, 5) is 18.9. The van der Waals surface area contributed by atoms with Gasteiger partial charge >= 0.3 is 0 Å². The Morgan fingerprint density at radius 1 is 1.12 bits per heavy atom. The van der Waals surface area contributed by atoms with E-state index in [2.05, 4.69) is 51.7 Å². The van der Waals surface area contributed by atoms with Gasteiger partial charge < -0.3 is 10.6 Å². The number of benzene rings is 1. The number of halogens is 2. The molecule has 1 saturated heterocycles. The molecule has 0 radical (unpaired) electrons.